The molecule has 0 heterocycles. The average Bonchev–Trinajstić information content (AvgIpc) is 2.54. The third kappa shape index (κ3) is 3.32. The van der Waals surface area contributed by atoms with Crippen molar-refractivity contribution in [2.24, 2.45) is 27.3 Å². The zero-order valence-corrected chi connectivity index (χ0v) is 16.5. The Morgan fingerprint density at radius 1 is 1.26 bits per heavy atom. The van der Waals surface area contributed by atoms with E-state index in [0.717, 1.165) is 24.8 Å². The number of aromatic hydroxyl groups is 1. The lowest BCUT2D eigenvalue weighted by atomic mass is 9.40. The summed E-state index contributed by atoms with van der Waals surface area (Å²) in [4.78, 5) is 13.1. The zero-order chi connectivity index (χ0) is 19.3. The molecular formula is C22H30N2O3. The first-order chi connectivity index (χ1) is 12.7. The molecule has 1 aromatic rings. The van der Waals surface area contributed by atoms with Crippen molar-refractivity contribution in [1.29, 1.82) is 0 Å². The Kier molecular flexibility index (Phi) is 4.24. The molecule has 2 atom stereocenters. The normalized spacial score (nSPS) is 36.9. The van der Waals surface area contributed by atoms with Crippen LogP contribution < -0.4 is 10.2 Å². The number of benzene rings is 1. The first-order valence-corrected chi connectivity index (χ1v) is 10.0. The van der Waals surface area contributed by atoms with Crippen LogP contribution in [0.3, 0.4) is 0 Å². The van der Waals surface area contributed by atoms with Crippen LogP contribution in [0.25, 0.3) is 0 Å². The van der Waals surface area contributed by atoms with E-state index in [1.54, 1.807) is 24.4 Å². The fraction of sp³-hybridized carbons (Fsp3) is 0.636. The summed E-state index contributed by atoms with van der Waals surface area (Å²) < 4.78 is 5.39. The van der Waals surface area contributed by atoms with Crippen molar-refractivity contribution in [3.8, 4) is 11.5 Å². The number of carbonyl (C=O) groups excluding carboxylic acids is 1. The Hall–Kier alpha value is -2.04. The number of hydrogen-bond acceptors (Lipinski definition) is 4. The van der Waals surface area contributed by atoms with Gasteiger partial charge in [0.25, 0.3) is 0 Å². The quantitative estimate of drug-likeness (QED) is 0.602. The van der Waals surface area contributed by atoms with Gasteiger partial charge in [0.2, 0.25) is 5.91 Å². The molecule has 1 amide bonds. The average molecular weight is 370 g/mol. The maximum atomic E-state index is 13.1. The van der Waals surface area contributed by atoms with E-state index in [1.165, 1.54) is 19.3 Å². The van der Waals surface area contributed by atoms with Gasteiger partial charge in [-0.2, -0.15) is 5.10 Å². The molecule has 4 aliphatic rings. The second kappa shape index (κ2) is 6.25. The van der Waals surface area contributed by atoms with Crippen LogP contribution in [0.1, 0.15) is 64.9 Å². The fourth-order valence-corrected chi connectivity index (χ4v) is 6.87. The van der Waals surface area contributed by atoms with Gasteiger partial charge in [-0.25, -0.2) is 5.43 Å². The summed E-state index contributed by atoms with van der Waals surface area (Å²) in [6, 6.07) is 5.05. The number of phenolic OH excluding ortho intramolecular Hbond substituents is 1. The molecule has 4 bridgehead atoms. The van der Waals surface area contributed by atoms with E-state index < -0.39 is 0 Å². The molecule has 2 unspecified atom stereocenters. The van der Waals surface area contributed by atoms with Gasteiger partial charge >= 0.3 is 0 Å². The third-order valence-electron chi connectivity index (χ3n) is 6.77. The van der Waals surface area contributed by atoms with Crippen LogP contribution in [0.4, 0.5) is 0 Å². The molecular weight excluding hydrogens is 340 g/mol. The Bertz CT molecular complexity index is 770. The number of ether oxygens (including phenoxy) is 1. The second-order valence-corrected chi connectivity index (χ2v) is 9.77. The highest BCUT2D eigenvalue weighted by molar-refractivity contribution is 5.86. The molecule has 5 rings (SSSR count). The number of hydrazone groups is 1. The van der Waals surface area contributed by atoms with Crippen LogP contribution in [0.2, 0.25) is 0 Å². The Morgan fingerprint density at radius 3 is 2.59 bits per heavy atom. The van der Waals surface area contributed by atoms with E-state index in [9.17, 15) is 9.90 Å². The van der Waals surface area contributed by atoms with E-state index in [1.807, 2.05) is 6.92 Å². The van der Waals surface area contributed by atoms with Gasteiger partial charge in [-0.05, 0) is 86.0 Å². The number of nitrogens with zero attached hydrogens (tertiary/aromatic N) is 1. The van der Waals surface area contributed by atoms with Crippen LogP contribution in [0.15, 0.2) is 23.3 Å². The number of amides is 1. The Balaban J connectivity index is 1.47. The lowest BCUT2D eigenvalue weighted by Gasteiger charge is -2.64. The van der Waals surface area contributed by atoms with Gasteiger partial charge in [-0.15, -0.1) is 0 Å². The smallest absolute Gasteiger partial charge is 0.246 e. The summed E-state index contributed by atoms with van der Waals surface area (Å²) in [5, 5.41) is 14.0. The molecule has 4 saturated carbocycles. The molecule has 0 radical (unpaired) electrons. The van der Waals surface area contributed by atoms with E-state index >= 15 is 0 Å². The van der Waals surface area contributed by atoms with Crippen LogP contribution in [-0.4, -0.2) is 23.8 Å². The molecule has 27 heavy (non-hydrogen) atoms. The van der Waals surface area contributed by atoms with Crippen molar-refractivity contribution in [3.63, 3.8) is 0 Å². The third-order valence-corrected chi connectivity index (χ3v) is 6.77. The molecule has 146 valence electrons. The van der Waals surface area contributed by atoms with Gasteiger partial charge in [0.05, 0.1) is 18.2 Å². The summed E-state index contributed by atoms with van der Waals surface area (Å²) >= 11 is 0. The molecule has 0 aliphatic heterocycles. The van der Waals surface area contributed by atoms with Crippen LogP contribution in [-0.2, 0) is 4.79 Å². The summed E-state index contributed by atoms with van der Waals surface area (Å²) in [7, 11) is 0. The minimum Gasteiger partial charge on any atom is -0.504 e. The predicted octanol–water partition coefficient (Wildman–Crippen LogP) is 4.24. The van der Waals surface area contributed by atoms with E-state index in [0.29, 0.717) is 29.1 Å². The number of phenols is 1. The van der Waals surface area contributed by atoms with Crippen molar-refractivity contribution < 1.29 is 14.6 Å². The molecule has 5 heteroatoms. The van der Waals surface area contributed by atoms with Crippen LogP contribution >= 0.6 is 0 Å². The van der Waals surface area contributed by atoms with Crippen molar-refractivity contribution >= 4 is 12.1 Å². The fourth-order valence-electron chi connectivity index (χ4n) is 6.87. The Labute approximate surface area is 161 Å². The lowest BCUT2D eigenvalue weighted by molar-refractivity contribution is -0.170. The van der Waals surface area contributed by atoms with Gasteiger partial charge < -0.3 is 9.84 Å². The molecule has 4 fully saturated rings. The molecule has 4 aliphatic carbocycles. The molecule has 2 N–H and O–H groups in total. The minimum absolute atomic E-state index is 0.0733. The monoisotopic (exact) mass is 370 g/mol. The summed E-state index contributed by atoms with van der Waals surface area (Å²) in [5.41, 5.74) is 3.94. The molecule has 5 nitrogen and oxygen atoms in total. The van der Waals surface area contributed by atoms with Gasteiger partial charge in [-0.3, -0.25) is 4.79 Å². The van der Waals surface area contributed by atoms with E-state index in [4.69, 9.17) is 4.74 Å². The summed E-state index contributed by atoms with van der Waals surface area (Å²) in [5.74, 6) is 1.28. The summed E-state index contributed by atoms with van der Waals surface area (Å²) in [6.45, 7) is 7.08. The molecule has 0 spiro atoms. The molecule has 0 saturated heterocycles. The highest BCUT2D eigenvalue weighted by Gasteiger charge is 2.62. The van der Waals surface area contributed by atoms with Crippen LogP contribution in [0.5, 0.6) is 11.5 Å². The van der Waals surface area contributed by atoms with Crippen molar-refractivity contribution in [1.82, 2.24) is 5.43 Å². The van der Waals surface area contributed by atoms with E-state index in [2.05, 4.69) is 24.4 Å². The minimum atomic E-state index is -0.258. The first-order valence-electron chi connectivity index (χ1n) is 10.0. The maximum absolute atomic E-state index is 13.1. The topological polar surface area (TPSA) is 70.9 Å². The SMILES string of the molecule is CCOc1cc(/C=N/NC(=O)C23CC4CC(C)(CC(C)(C4)C2)C3)ccc1O. The maximum Gasteiger partial charge on any atom is 0.246 e. The summed E-state index contributed by atoms with van der Waals surface area (Å²) in [6.07, 6.45) is 8.39. The highest BCUT2D eigenvalue weighted by Crippen LogP contribution is 2.69. The lowest BCUT2D eigenvalue weighted by Crippen LogP contribution is -2.59. The predicted molar refractivity (Wildman–Crippen MR) is 105 cm³/mol. The van der Waals surface area contributed by atoms with Gasteiger partial charge in [-0.1, -0.05) is 13.8 Å². The molecule has 0 aromatic heterocycles. The number of hydrogen-bond donors (Lipinski definition) is 2. The van der Waals surface area contributed by atoms with Crippen molar-refractivity contribution in [2.75, 3.05) is 6.61 Å². The van der Waals surface area contributed by atoms with Crippen LogP contribution in [0, 0.1) is 22.2 Å². The van der Waals surface area contributed by atoms with Crippen molar-refractivity contribution in [3.05, 3.63) is 23.8 Å². The first kappa shape index (κ1) is 18.3. The Morgan fingerprint density at radius 2 is 1.96 bits per heavy atom. The number of rotatable bonds is 5. The van der Waals surface area contributed by atoms with Gasteiger partial charge in [0, 0.05) is 0 Å². The van der Waals surface area contributed by atoms with Crippen molar-refractivity contribution in [2.45, 2.75) is 59.3 Å². The second-order valence-electron chi connectivity index (χ2n) is 9.77. The highest BCUT2D eigenvalue weighted by atomic mass is 16.5. The van der Waals surface area contributed by atoms with Gasteiger partial charge in [0.15, 0.2) is 11.5 Å². The zero-order valence-electron chi connectivity index (χ0n) is 16.5. The standard InChI is InChI=1S/C22H30N2O3/c1-4-27-18-7-15(5-6-17(18)25)11-23-24-19(26)22-10-16-8-20(2,13-22)12-21(3,9-16)14-22/h5-7,11,16,25H,4,8-10,12-14H2,1-3H3,(H,24,26)/b23-11+. The largest absolute Gasteiger partial charge is 0.504 e. The number of nitrogens with one attached hydrogen (secondary N) is 1. The molecule has 1 aromatic carbocycles. The van der Waals surface area contributed by atoms with Gasteiger partial charge in [0.1, 0.15) is 0 Å². The van der Waals surface area contributed by atoms with E-state index in [-0.39, 0.29) is 17.1 Å². The number of carbonyl (C=O) groups is 1.